The minimum Gasteiger partial charge on any atom is -0.457 e. The molecule has 0 radical (unpaired) electrons. The number of nitrogens with one attached hydrogen (secondary N) is 1. The molecule has 4 rings (SSSR count). The molecule has 2 aromatic rings. The molecule has 0 saturated heterocycles. The topological polar surface area (TPSA) is 82.0 Å². The first-order chi connectivity index (χ1) is 13.6. The van der Waals surface area contributed by atoms with Crippen molar-refractivity contribution < 1.29 is 22.4 Å². The maximum atomic E-state index is 12.9. The Morgan fingerprint density at radius 3 is 2.60 bits per heavy atom. The Hall–Kier alpha value is -2.27. The van der Waals surface area contributed by atoms with Crippen molar-refractivity contribution in [3.05, 3.63) is 51.7 Å². The minimum absolute atomic E-state index is 0. The first-order valence-electron chi connectivity index (χ1n) is 7.76. The molecule has 0 spiro atoms. The predicted octanol–water partition coefficient (Wildman–Crippen LogP) is 5.86. The second kappa shape index (κ2) is 8.10. The fraction of sp³-hybridized carbons (Fsp3) is 0.0588. The average molecular weight is 496 g/mol. The number of carbonyl (C=O) groups is 1. The van der Waals surface area contributed by atoms with Gasteiger partial charge in [0.15, 0.2) is 5.84 Å². The van der Waals surface area contributed by atoms with E-state index in [0.717, 1.165) is 0 Å². The van der Waals surface area contributed by atoms with Crippen LogP contribution in [0.1, 0.15) is 5.76 Å². The standard InChI is InChI=1S/C17H7Cl2F3N4O2S.ClH/c18-7-1-3-9(11(19)5-7)12-4-2-8(28-12)6-10-13(23)26-16(24-14(10)27)29-15(25-26)17(20,21)22;/h1-6,23H;1H. The van der Waals surface area contributed by atoms with E-state index < -0.39 is 23.0 Å². The molecule has 2 aliphatic heterocycles. The number of halogens is 6. The number of fused-ring (bicyclic) bond motifs is 1. The molecule has 0 aliphatic carbocycles. The number of nitrogens with zero attached hydrogens (tertiary/aromatic N) is 3. The highest BCUT2D eigenvalue weighted by molar-refractivity contribution is 8.27. The van der Waals surface area contributed by atoms with Crippen molar-refractivity contribution in [3.8, 4) is 11.3 Å². The zero-order valence-corrected chi connectivity index (χ0v) is 17.5. The van der Waals surface area contributed by atoms with E-state index in [-0.39, 0.29) is 40.7 Å². The number of hydrogen-bond acceptors (Lipinski definition) is 5. The van der Waals surface area contributed by atoms with Gasteiger partial charge in [-0.25, -0.2) is 0 Å². The van der Waals surface area contributed by atoms with Crippen molar-refractivity contribution >= 4 is 75.4 Å². The van der Waals surface area contributed by atoms with E-state index in [4.69, 9.17) is 33.0 Å². The largest absolute Gasteiger partial charge is 0.457 e. The molecule has 1 amide bonds. The number of hydrogen-bond donors (Lipinski definition) is 1. The van der Waals surface area contributed by atoms with Gasteiger partial charge in [-0.05, 0) is 48.2 Å². The molecule has 6 nitrogen and oxygen atoms in total. The Labute approximate surface area is 187 Å². The highest BCUT2D eigenvalue weighted by atomic mass is 35.5. The molecule has 0 unspecified atom stereocenters. The SMILES string of the molecule is Cl.N=C1C(=Cc2ccc(-c3ccc(Cl)cc3Cl)o2)C(=O)N=C2SC(C(F)(F)F)=NN12. The first-order valence-corrected chi connectivity index (χ1v) is 9.33. The van der Waals surface area contributed by atoms with Gasteiger partial charge in [0.05, 0.1) is 10.6 Å². The molecule has 1 aromatic heterocycles. The van der Waals surface area contributed by atoms with Gasteiger partial charge in [0, 0.05) is 10.6 Å². The fourth-order valence-corrected chi connectivity index (χ4v) is 3.77. The molecule has 2 aliphatic rings. The fourth-order valence-electron chi connectivity index (χ4n) is 2.51. The van der Waals surface area contributed by atoms with E-state index in [1.54, 1.807) is 18.2 Å². The lowest BCUT2D eigenvalue weighted by atomic mass is 10.1. The van der Waals surface area contributed by atoms with Gasteiger partial charge < -0.3 is 4.42 Å². The van der Waals surface area contributed by atoms with Crippen LogP contribution in [-0.4, -0.2) is 33.1 Å². The van der Waals surface area contributed by atoms with Crippen LogP contribution in [0.25, 0.3) is 17.4 Å². The van der Waals surface area contributed by atoms with Crippen LogP contribution in [0, 0.1) is 5.41 Å². The summed E-state index contributed by atoms with van der Waals surface area (Å²) < 4.78 is 44.2. The van der Waals surface area contributed by atoms with Crippen molar-refractivity contribution in [2.45, 2.75) is 6.18 Å². The number of carbonyl (C=O) groups excluding carboxylic acids is 1. The van der Waals surface area contributed by atoms with E-state index in [1.807, 2.05) is 0 Å². The second-order valence-corrected chi connectivity index (χ2v) is 7.55. The number of hydrazone groups is 1. The third-order valence-corrected chi connectivity index (χ3v) is 5.31. The molecule has 1 aromatic carbocycles. The Morgan fingerprint density at radius 1 is 1.20 bits per heavy atom. The van der Waals surface area contributed by atoms with Crippen LogP contribution in [-0.2, 0) is 4.79 Å². The van der Waals surface area contributed by atoms with Gasteiger partial charge in [0.1, 0.15) is 11.5 Å². The van der Waals surface area contributed by atoms with Gasteiger partial charge in [0.2, 0.25) is 10.2 Å². The summed E-state index contributed by atoms with van der Waals surface area (Å²) in [6.07, 6.45) is -3.49. The number of amides is 1. The van der Waals surface area contributed by atoms with Gasteiger partial charge >= 0.3 is 6.18 Å². The Kier molecular flexibility index (Phi) is 6.06. The number of alkyl halides is 3. The molecule has 0 atom stereocenters. The van der Waals surface area contributed by atoms with E-state index in [9.17, 15) is 18.0 Å². The number of aliphatic imine (C=N–C) groups is 1. The van der Waals surface area contributed by atoms with Crippen LogP contribution in [0.2, 0.25) is 10.0 Å². The summed E-state index contributed by atoms with van der Waals surface area (Å²) in [5, 5.41) is 11.4. The Bertz CT molecular complexity index is 1160. The number of benzene rings is 1. The molecule has 13 heteroatoms. The number of rotatable bonds is 2. The summed E-state index contributed by atoms with van der Waals surface area (Å²) in [4.78, 5) is 15.8. The van der Waals surface area contributed by atoms with Gasteiger partial charge in [-0.15, -0.1) is 12.4 Å². The average Bonchev–Trinajstić information content (AvgIpc) is 3.25. The van der Waals surface area contributed by atoms with Crippen molar-refractivity contribution in [3.63, 3.8) is 0 Å². The van der Waals surface area contributed by atoms with Crippen molar-refractivity contribution in [1.82, 2.24) is 5.01 Å². The molecular weight excluding hydrogens is 488 g/mol. The minimum atomic E-state index is -4.70. The lowest BCUT2D eigenvalue weighted by Gasteiger charge is -2.19. The van der Waals surface area contributed by atoms with Crippen molar-refractivity contribution in [1.29, 1.82) is 5.41 Å². The molecule has 0 saturated carbocycles. The molecule has 3 heterocycles. The lowest BCUT2D eigenvalue weighted by molar-refractivity contribution is -0.114. The summed E-state index contributed by atoms with van der Waals surface area (Å²) in [6.45, 7) is 0. The van der Waals surface area contributed by atoms with E-state index in [1.165, 1.54) is 18.2 Å². The molecule has 156 valence electrons. The van der Waals surface area contributed by atoms with Crippen LogP contribution in [0.15, 0.2) is 50.4 Å². The number of thioether (sulfide) groups is 1. The normalized spacial score (nSPS) is 17.6. The van der Waals surface area contributed by atoms with Gasteiger partial charge in [-0.3, -0.25) is 10.2 Å². The maximum absolute atomic E-state index is 12.9. The summed E-state index contributed by atoms with van der Waals surface area (Å²) in [5.41, 5.74) is 0.297. The zero-order chi connectivity index (χ0) is 20.9. The quantitative estimate of drug-likeness (QED) is 0.529. The van der Waals surface area contributed by atoms with Gasteiger partial charge in [0.25, 0.3) is 5.91 Å². The van der Waals surface area contributed by atoms with Crippen LogP contribution in [0.4, 0.5) is 13.2 Å². The summed E-state index contributed by atoms with van der Waals surface area (Å²) in [5.74, 6) is -0.833. The highest BCUT2D eigenvalue weighted by Crippen LogP contribution is 2.36. The lowest BCUT2D eigenvalue weighted by Crippen LogP contribution is -2.35. The molecule has 0 bridgehead atoms. The van der Waals surface area contributed by atoms with Crippen LogP contribution < -0.4 is 0 Å². The van der Waals surface area contributed by atoms with E-state index >= 15 is 0 Å². The molecule has 30 heavy (non-hydrogen) atoms. The Morgan fingerprint density at radius 2 is 1.93 bits per heavy atom. The zero-order valence-electron chi connectivity index (χ0n) is 14.3. The molecular formula is C17H8Cl3F3N4O2S. The van der Waals surface area contributed by atoms with Crippen molar-refractivity contribution in [2.75, 3.05) is 0 Å². The van der Waals surface area contributed by atoms with E-state index in [2.05, 4.69) is 10.1 Å². The van der Waals surface area contributed by atoms with Crippen LogP contribution in [0.5, 0.6) is 0 Å². The van der Waals surface area contributed by atoms with Gasteiger partial charge in [-0.2, -0.15) is 28.3 Å². The number of amidine groups is 2. The third kappa shape index (κ3) is 4.13. The predicted molar refractivity (Wildman–Crippen MR) is 112 cm³/mol. The Balaban J connectivity index is 0.00000256. The summed E-state index contributed by atoms with van der Waals surface area (Å²) >= 11 is 12.2. The number of furan rings is 1. The third-order valence-electron chi connectivity index (χ3n) is 3.81. The monoisotopic (exact) mass is 494 g/mol. The van der Waals surface area contributed by atoms with Crippen LogP contribution >= 0.6 is 47.4 Å². The van der Waals surface area contributed by atoms with Gasteiger partial charge in [-0.1, -0.05) is 23.2 Å². The van der Waals surface area contributed by atoms with E-state index in [0.29, 0.717) is 26.4 Å². The first kappa shape index (κ1) is 22.4. The highest BCUT2D eigenvalue weighted by Gasteiger charge is 2.46. The van der Waals surface area contributed by atoms with Crippen LogP contribution in [0.3, 0.4) is 0 Å². The maximum Gasteiger partial charge on any atom is 0.441 e. The second-order valence-electron chi connectivity index (χ2n) is 5.75. The molecule has 1 N–H and O–H groups in total. The molecule has 0 fully saturated rings. The van der Waals surface area contributed by atoms with Crippen molar-refractivity contribution in [2.24, 2.45) is 10.1 Å². The summed E-state index contributed by atoms with van der Waals surface area (Å²) in [7, 11) is 0. The summed E-state index contributed by atoms with van der Waals surface area (Å²) in [6, 6.07) is 7.94. The smallest absolute Gasteiger partial charge is 0.441 e.